The van der Waals surface area contributed by atoms with E-state index in [2.05, 4.69) is 20.8 Å². The molecule has 0 rings (SSSR count). The summed E-state index contributed by atoms with van der Waals surface area (Å²) in [6.45, 7) is 12.1. The number of quaternary nitrogens is 1. The molecule has 19 heavy (non-hydrogen) atoms. The Morgan fingerprint density at radius 3 is 1.42 bits per heavy atom. The SMILES string of the molecule is CCCCC[N+](CCCl)(CCCC)CCCCC.[Br-]. The Balaban J connectivity index is 0. The molecule has 118 valence electrons. The smallest absolute Gasteiger partial charge is 0.0924 e. The quantitative estimate of drug-likeness (QED) is 0.270. The van der Waals surface area contributed by atoms with Crippen molar-refractivity contribution in [2.45, 2.75) is 72.1 Å². The van der Waals surface area contributed by atoms with Crippen LogP contribution in [0.5, 0.6) is 0 Å². The zero-order chi connectivity index (χ0) is 13.7. The van der Waals surface area contributed by atoms with Crippen LogP contribution in [0.4, 0.5) is 0 Å². The molecular weight excluding hydrogens is 322 g/mol. The molecule has 0 heterocycles. The van der Waals surface area contributed by atoms with Crippen molar-refractivity contribution in [2.24, 2.45) is 0 Å². The Bertz CT molecular complexity index is 166. The highest BCUT2D eigenvalue weighted by molar-refractivity contribution is 6.17. The minimum Gasteiger partial charge on any atom is -1.00 e. The van der Waals surface area contributed by atoms with Crippen LogP contribution in [0.15, 0.2) is 0 Å². The minimum absolute atomic E-state index is 0. The van der Waals surface area contributed by atoms with Gasteiger partial charge in [-0.15, -0.1) is 11.6 Å². The lowest BCUT2D eigenvalue weighted by molar-refractivity contribution is -0.926. The lowest BCUT2D eigenvalue weighted by atomic mass is 10.1. The molecular formula is C16H35BrClN. The molecule has 0 aromatic heterocycles. The molecule has 0 unspecified atom stereocenters. The fourth-order valence-corrected chi connectivity index (χ4v) is 3.10. The van der Waals surface area contributed by atoms with Crippen molar-refractivity contribution in [2.75, 3.05) is 32.1 Å². The third kappa shape index (κ3) is 11.1. The van der Waals surface area contributed by atoms with E-state index in [9.17, 15) is 0 Å². The number of unbranched alkanes of at least 4 members (excludes halogenated alkanes) is 5. The topological polar surface area (TPSA) is 0 Å². The van der Waals surface area contributed by atoms with Crippen molar-refractivity contribution in [3.05, 3.63) is 0 Å². The first-order chi connectivity index (χ1) is 8.74. The summed E-state index contributed by atoms with van der Waals surface area (Å²) in [6.07, 6.45) is 10.8. The van der Waals surface area contributed by atoms with Crippen LogP contribution in [0.3, 0.4) is 0 Å². The van der Waals surface area contributed by atoms with Crippen molar-refractivity contribution < 1.29 is 21.5 Å². The van der Waals surface area contributed by atoms with E-state index in [-0.39, 0.29) is 17.0 Å². The summed E-state index contributed by atoms with van der Waals surface area (Å²) in [4.78, 5) is 0. The molecule has 0 radical (unpaired) electrons. The standard InChI is InChI=1S/C16H35ClN.BrH/c1-4-7-10-14-18(16-12-17,13-9-6-3)15-11-8-5-2;/h4-16H2,1-3H3;1H/q+1;/p-1. The molecule has 0 aromatic rings. The van der Waals surface area contributed by atoms with Gasteiger partial charge in [-0.3, -0.25) is 0 Å². The number of nitrogens with zero attached hydrogens (tertiary/aromatic N) is 1. The van der Waals surface area contributed by atoms with Gasteiger partial charge in [-0.25, -0.2) is 0 Å². The lowest BCUT2D eigenvalue weighted by Gasteiger charge is -2.39. The van der Waals surface area contributed by atoms with Crippen molar-refractivity contribution in [1.82, 2.24) is 0 Å². The Kier molecular flexibility index (Phi) is 17.5. The average Bonchev–Trinajstić information content (AvgIpc) is 2.37. The van der Waals surface area contributed by atoms with Crippen LogP contribution in [-0.2, 0) is 0 Å². The predicted octanol–water partition coefficient (Wildman–Crippen LogP) is 2.23. The molecule has 3 heteroatoms. The van der Waals surface area contributed by atoms with Crippen LogP contribution in [0.1, 0.15) is 72.1 Å². The van der Waals surface area contributed by atoms with E-state index in [1.807, 2.05) is 0 Å². The van der Waals surface area contributed by atoms with E-state index in [0.717, 1.165) is 5.88 Å². The van der Waals surface area contributed by atoms with Crippen LogP contribution in [0.25, 0.3) is 0 Å². The van der Waals surface area contributed by atoms with Gasteiger partial charge in [0.05, 0.1) is 32.1 Å². The molecule has 0 atom stereocenters. The molecule has 0 amide bonds. The second-order valence-electron chi connectivity index (χ2n) is 5.69. The average molecular weight is 357 g/mol. The number of hydrogen-bond donors (Lipinski definition) is 0. The lowest BCUT2D eigenvalue weighted by Crippen LogP contribution is -3.00. The van der Waals surface area contributed by atoms with Crippen LogP contribution >= 0.6 is 11.6 Å². The molecule has 0 aliphatic heterocycles. The summed E-state index contributed by atoms with van der Waals surface area (Å²) >= 11 is 6.07. The summed E-state index contributed by atoms with van der Waals surface area (Å²) in [5.41, 5.74) is 0. The zero-order valence-electron chi connectivity index (χ0n) is 13.4. The van der Waals surface area contributed by atoms with Gasteiger partial charge in [0.15, 0.2) is 0 Å². The third-order valence-corrected chi connectivity index (χ3v) is 4.19. The largest absolute Gasteiger partial charge is 1.00 e. The normalized spacial score (nSPS) is 11.4. The maximum atomic E-state index is 6.07. The molecule has 0 aliphatic carbocycles. The van der Waals surface area contributed by atoms with Gasteiger partial charge in [0.25, 0.3) is 0 Å². The first-order valence-corrected chi connectivity index (χ1v) is 8.69. The number of alkyl halides is 1. The first kappa shape index (κ1) is 22.0. The summed E-state index contributed by atoms with van der Waals surface area (Å²) in [7, 11) is 0. The molecule has 0 bridgehead atoms. The second-order valence-corrected chi connectivity index (χ2v) is 6.07. The molecule has 0 saturated carbocycles. The van der Waals surface area contributed by atoms with Gasteiger partial charge < -0.3 is 21.5 Å². The zero-order valence-corrected chi connectivity index (χ0v) is 15.7. The summed E-state index contributed by atoms with van der Waals surface area (Å²) in [5.74, 6) is 0.821. The van der Waals surface area contributed by atoms with E-state index in [0.29, 0.717) is 0 Å². The molecule has 0 spiro atoms. The fourth-order valence-electron chi connectivity index (χ4n) is 2.74. The van der Waals surface area contributed by atoms with E-state index >= 15 is 0 Å². The maximum Gasteiger partial charge on any atom is 0.0924 e. The minimum atomic E-state index is 0. The Labute approximate surface area is 137 Å². The summed E-state index contributed by atoms with van der Waals surface area (Å²) in [6, 6.07) is 0. The monoisotopic (exact) mass is 355 g/mol. The van der Waals surface area contributed by atoms with Gasteiger partial charge in [0.1, 0.15) is 0 Å². The van der Waals surface area contributed by atoms with E-state index in [4.69, 9.17) is 11.6 Å². The van der Waals surface area contributed by atoms with E-state index < -0.39 is 0 Å². The third-order valence-electron chi connectivity index (χ3n) is 4.02. The molecule has 0 aromatic carbocycles. The second kappa shape index (κ2) is 15.1. The van der Waals surface area contributed by atoms with Crippen molar-refractivity contribution >= 4 is 11.6 Å². The van der Waals surface area contributed by atoms with E-state index in [1.165, 1.54) is 82.0 Å². The molecule has 0 saturated heterocycles. The van der Waals surface area contributed by atoms with Crippen LogP contribution < -0.4 is 17.0 Å². The van der Waals surface area contributed by atoms with Crippen LogP contribution in [0, 0.1) is 0 Å². The van der Waals surface area contributed by atoms with Gasteiger partial charge in [-0.2, -0.15) is 0 Å². The van der Waals surface area contributed by atoms with Crippen molar-refractivity contribution in [3.63, 3.8) is 0 Å². The van der Waals surface area contributed by atoms with E-state index in [1.54, 1.807) is 0 Å². The van der Waals surface area contributed by atoms with Gasteiger partial charge in [-0.05, 0) is 32.1 Å². The fraction of sp³-hybridized carbons (Fsp3) is 1.00. The van der Waals surface area contributed by atoms with Gasteiger partial charge in [-0.1, -0.05) is 40.0 Å². The predicted molar refractivity (Wildman–Crippen MR) is 84.4 cm³/mol. The Hall–Kier alpha value is 0.730. The van der Waals surface area contributed by atoms with Crippen LogP contribution in [0.2, 0.25) is 0 Å². The number of halogens is 2. The Morgan fingerprint density at radius 1 is 0.632 bits per heavy atom. The highest BCUT2D eigenvalue weighted by atomic mass is 79.9. The van der Waals surface area contributed by atoms with Gasteiger partial charge in [0.2, 0.25) is 0 Å². The molecule has 1 nitrogen and oxygen atoms in total. The van der Waals surface area contributed by atoms with Crippen LogP contribution in [-0.4, -0.2) is 36.5 Å². The molecule has 0 N–H and O–H groups in total. The van der Waals surface area contributed by atoms with Gasteiger partial charge in [0, 0.05) is 0 Å². The highest BCUT2D eigenvalue weighted by Gasteiger charge is 2.24. The van der Waals surface area contributed by atoms with Crippen molar-refractivity contribution in [3.8, 4) is 0 Å². The Morgan fingerprint density at radius 2 is 1.05 bits per heavy atom. The molecule has 0 fully saturated rings. The molecule has 0 aliphatic rings. The highest BCUT2D eigenvalue weighted by Crippen LogP contribution is 2.16. The first-order valence-electron chi connectivity index (χ1n) is 8.15. The summed E-state index contributed by atoms with van der Waals surface area (Å²) < 4.78 is 1.29. The number of hydrogen-bond acceptors (Lipinski definition) is 0. The van der Waals surface area contributed by atoms with Crippen molar-refractivity contribution in [1.29, 1.82) is 0 Å². The van der Waals surface area contributed by atoms with Gasteiger partial charge >= 0.3 is 0 Å². The summed E-state index contributed by atoms with van der Waals surface area (Å²) in [5, 5.41) is 0. The number of rotatable bonds is 13. The maximum absolute atomic E-state index is 6.07.